The number of thiazole rings is 1. The normalized spacial score (nSPS) is 11.1. The van der Waals surface area contributed by atoms with Gasteiger partial charge in [-0.2, -0.15) is 0 Å². The second kappa shape index (κ2) is 14.1. The van der Waals surface area contributed by atoms with Gasteiger partial charge in [-0.15, -0.1) is 21.5 Å². The molecule has 0 unspecified atom stereocenters. The molecule has 0 fully saturated rings. The van der Waals surface area contributed by atoms with Crippen LogP contribution in [0.2, 0.25) is 0 Å². The van der Waals surface area contributed by atoms with Crippen LogP contribution in [0.25, 0.3) is 21.6 Å². The third kappa shape index (κ3) is 7.62. The van der Waals surface area contributed by atoms with Crippen molar-refractivity contribution in [3.63, 3.8) is 0 Å². The summed E-state index contributed by atoms with van der Waals surface area (Å²) in [6.07, 6.45) is 0. The summed E-state index contributed by atoms with van der Waals surface area (Å²) < 4.78 is 3.79. The molecular weight excluding hydrogens is 621 g/mol. The minimum atomic E-state index is -0.142. The number of thioether (sulfide) groups is 2. The van der Waals surface area contributed by atoms with E-state index in [1.807, 2.05) is 103 Å². The highest BCUT2D eigenvalue weighted by Gasteiger charge is 2.17. The Morgan fingerprint density at radius 1 is 0.800 bits per heavy atom. The van der Waals surface area contributed by atoms with E-state index in [-0.39, 0.29) is 23.3 Å². The first-order valence-corrected chi connectivity index (χ1v) is 17.1. The number of nitrogens with one attached hydrogen (secondary N) is 2. The van der Waals surface area contributed by atoms with Crippen LogP contribution in [0.5, 0.6) is 0 Å². The highest BCUT2D eigenvalue weighted by atomic mass is 32.2. The van der Waals surface area contributed by atoms with E-state index in [1.165, 1.54) is 34.9 Å². The smallest absolute Gasteiger partial charge is 0.234 e. The lowest BCUT2D eigenvalue weighted by molar-refractivity contribution is -0.114. The number of benzene rings is 4. The SMILES string of the molecule is Cc1cccc(NC(=O)CSc2nc3ccc(NC(=O)CSc4nnc(-c5ccccc5)n4Cc4ccccc4)cc3s2)c1C. The summed E-state index contributed by atoms with van der Waals surface area (Å²) in [5, 5.41) is 15.6. The molecule has 0 aliphatic rings. The number of rotatable bonds is 11. The third-order valence-electron chi connectivity index (χ3n) is 7.12. The van der Waals surface area contributed by atoms with Crippen molar-refractivity contribution in [3.05, 3.63) is 114 Å². The number of hydrogen-bond donors (Lipinski definition) is 2. The summed E-state index contributed by atoms with van der Waals surface area (Å²) in [5.74, 6) is 0.981. The molecule has 0 saturated heterocycles. The van der Waals surface area contributed by atoms with Crippen LogP contribution in [0.4, 0.5) is 11.4 Å². The fourth-order valence-corrected chi connectivity index (χ4v) is 7.32. The summed E-state index contributed by atoms with van der Waals surface area (Å²) in [4.78, 5) is 30.2. The van der Waals surface area contributed by atoms with Gasteiger partial charge in [0.25, 0.3) is 0 Å². The Bertz CT molecular complexity index is 1960. The predicted octanol–water partition coefficient (Wildman–Crippen LogP) is 7.68. The van der Waals surface area contributed by atoms with Crippen LogP contribution in [0.1, 0.15) is 16.7 Å². The number of nitrogens with zero attached hydrogens (tertiary/aromatic N) is 4. The van der Waals surface area contributed by atoms with Gasteiger partial charge < -0.3 is 10.6 Å². The Labute approximate surface area is 273 Å². The lowest BCUT2D eigenvalue weighted by Crippen LogP contribution is -2.15. The molecule has 6 aromatic rings. The maximum absolute atomic E-state index is 13.0. The molecule has 0 saturated carbocycles. The summed E-state index contributed by atoms with van der Waals surface area (Å²) in [6, 6.07) is 31.6. The van der Waals surface area contributed by atoms with E-state index in [4.69, 9.17) is 0 Å². The van der Waals surface area contributed by atoms with Crippen molar-refractivity contribution in [2.45, 2.75) is 29.9 Å². The number of anilines is 2. The van der Waals surface area contributed by atoms with Gasteiger partial charge in [0.2, 0.25) is 11.8 Å². The molecule has 0 spiro atoms. The summed E-state index contributed by atoms with van der Waals surface area (Å²) in [5.41, 5.74) is 6.64. The van der Waals surface area contributed by atoms with Crippen molar-refractivity contribution in [2.75, 3.05) is 22.1 Å². The molecule has 2 N–H and O–H groups in total. The molecule has 2 aromatic heterocycles. The maximum Gasteiger partial charge on any atom is 0.234 e. The number of hydrogen-bond acceptors (Lipinski definition) is 8. The van der Waals surface area contributed by atoms with Crippen LogP contribution in [0.15, 0.2) is 107 Å². The maximum atomic E-state index is 13.0. The van der Waals surface area contributed by atoms with E-state index in [9.17, 15) is 9.59 Å². The number of carbonyl (C=O) groups is 2. The highest BCUT2D eigenvalue weighted by Crippen LogP contribution is 2.32. The summed E-state index contributed by atoms with van der Waals surface area (Å²) in [7, 11) is 0. The van der Waals surface area contributed by atoms with Crippen LogP contribution >= 0.6 is 34.9 Å². The van der Waals surface area contributed by atoms with Gasteiger partial charge in [-0.05, 0) is 54.8 Å². The monoisotopic (exact) mass is 650 g/mol. The molecule has 4 aromatic carbocycles. The second-order valence-electron chi connectivity index (χ2n) is 10.3. The van der Waals surface area contributed by atoms with Crippen LogP contribution in [0, 0.1) is 13.8 Å². The molecule has 6 rings (SSSR count). The van der Waals surface area contributed by atoms with Gasteiger partial charge in [0.15, 0.2) is 15.3 Å². The summed E-state index contributed by atoms with van der Waals surface area (Å²) >= 11 is 4.26. The van der Waals surface area contributed by atoms with E-state index in [0.717, 1.165) is 48.3 Å². The molecule has 0 radical (unpaired) electrons. The fraction of sp³-hybridized carbons (Fsp3) is 0.147. The van der Waals surface area contributed by atoms with Gasteiger partial charge in [0.1, 0.15) is 0 Å². The molecule has 11 heteroatoms. The van der Waals surface area contributed by atoms with E-state index in [1.54, 1.807) is 0 Å². The first kappa shape index (κ1) is 30.6. The molecule has 226 valence electrons. The quantitative estimate of drug-likeness (QED) is 0.139. The molecule has 2 heterocycles. The van der Waals surface area contributed by atoms with Gasteiger partial charge in [0.05, 0.1) is 28.3 Å². The van der Waals surface area contributed by atoms with E-state index in [0.29, 0.717) is 17.4 Å². The van der Waals surface area contributed by atoms with Gasteiger partial charge in [-0.1, -0.05) is 96.3 Å². The van der Waals surface area contributed by atoms with Gasteiger partial charge in [-0.25, -0.2) is 4.98 Å². The van der Waals surface area contributed by atoms with Crippen molar-refractivity contribution >= 4 is 68.3 Å². The Hall–Kier alpha value is -4.45. The minimum Gasteiger partial charge on any atom is -0.325 e. The topological polar surface area (TPSA) is 102 Å². The van der Waals surface area contributed by atoms with Gasteiger partial charge in [0, 0.05) is 16.9 Å². The number of amides is 2. The zero-order valence-electron chi connectivity index (χ0n) is 24.7. The average Bonchev–Trinajstić information content (AvgIpc) is 3.65. The van der Waals surface area contributed by atoms with E-state index < -0.39 is 0 Å². The standard InChI is InChI=1S/C34H30N6O2S3/c1-22-10-9-15-27(23(22)2)36-31(42)21-44-34-37-28-17-16-26(18-29(28)45-34)35-30(41)20-43-33-39-38-32(25-13-7-4-8-14-25)40(33)19-24-11-5-3-6-12-24/h3-18H,19-21H2,1-2H3,(H,35,41)(H,36,42). The van der Waals surface area contributed by atoms with Crippen LogP contribution in [-0.2, 0) is 16.1 Å². The molecule has 0 bridgehead atoms. The second-order valence-corrected chi connectivity index (χ2v) is 13.5. The van der Waals surface area contributed by atoms with Crippen LogP contribution in [-0.4, -0.2) is 43.1 Å². The lowest BCUT2D eigenvalue weighted by atomic mass is 10.1. The molecular formula is C34H30N6O2S3. The van der Waals surface area contributed by atoms with Crippen molar-refractivity contribution < 1.29 is 9.59 Å². The van der Waals surface area contributed by atoms with Crippen LogP contribution < -0.4 is 10.6 Å². The average molecular weight is 651 g/mol. The molecule has 0 atom stereocenters. The van der Waals surface area contributed by atoms with Crippen molar-refractivity contribution in [3.8, 4) is 11.4 Å². The number of aryl methyl sites for hydroxylation is 1. The molecule has 45 heavy (non-hydrogen) atoms. The minimum absolute atomic E-state index is 0.0751. The van der Waals surface area contributed by atoms with E-state index in [2.05, 4.69) is 37.9 Å². The van der Waals surface area contributed by atoms with Gasteiger partial charge in [-0.3, -0.25) is 14.2 Å². The Balaban J connectivity index is 1.08. The highest BCUT2D eigenvalue weighted by molar-refractivity contribution is 8.01. The Morgan fingerprint density at radius 2 is 1.53 bits per heavy atom. The van der Waals surface area contributed by atoms with Gasteiger partial charge >= 0.3 is 0 Å². The molecule has 8 nitrogen and oxygen atoms in total. The molecule has 0 aliphatic carbocycles. The third-order valence-corrected chi connectivity index (χ3v) is 10.3. The van der Waals surface area contributed by atoms with Crippen molar-refractivity contribution in [1.82, 2.24) is 19.7 Å². The van der Waals surface area contributed by atoms with E-state index >= 15 is 0 Å². The lowest BCUT2D eigenvalue weighted by Gasteiger charge is -2.11. The fourth-order valence-electron chi connectivity index (χ4n) is 4.68. The largest absolute Gasteiger partial charge is 0.325 e. The number of carbonyl (C=O) groups excluding carboxylic acids is 2. The molecule has 0 aliphatic heterocycles. The van der Waals surface area contributed by atoms with Crippen LogP contribution in [0.3, 0.4) is 0 Å². The molecule has 2 amide bonds. The zero-order valence-corrected chi connectivity index (χ0v) is 27.1. The predicted molar refractivity (Wildman–Crippen MR) is 185 cm³/mol. The number of aromatic nitrogens is 4. The van der Waals surface area contributed by atoms with Crippen molar-refractivity contribution in [1.29, 1.82) is 0 Å². The zero-order chi connectivity index (χ0) is 31.2. The first-order chi connectivity index (χ1) is 21.9. The van der Waals surface area contributed by atoms with Crippen molar-refractivity contribution in [2.24, 2.45) is 0 Å². The first-order valence-electron chi connectivity index (χ1n) is 14.3. The number of fused-ring (bicyclic) bond motifs is 1. The Morgan fingerprint density at radius 3 is 2.33 bits per heavy atom. The summed E-state index contributed by atoms with van der Waals surface area (Å²) in [6.45, 7) is 4.62. The Kier molecular flexibility index (Phi) is 9.58.